The molecule has 0 aliphatic rings. The minimum Gasteiger partial charge on any atom is -0.504 e. The lowest BCUT2D eigenvalue weighted by atomic mass is 10.3. The van der Waals surface area contributed by atoms with Gasteiger partial charge < -0.3 is 19.0 Å². The molecule has 0 spiro atoms. The van der Waals surface area contributed by atoms with Gasteiger partial charge in [-0.1, -0.05) is 0 Å². The second-order valence-electron chi connectivity index (χ2n) is 5.14. The molecule has 0 aliphatic heterocycles. The summed E-state index contributed by atoms with van der Waals surface area (Å²) in [4.78, 5) is 1.92. The summed E-state index contributed by atoms with van der Waals surface area (Å²) < 4.78 is 10.7. The molecule has 3 aromatic rings. The minimum absolute atomic E-state index is 0.0918. The van der Waals surface area contributed by atoms with E-state index in [-0.39, 0.29) is 11.5 Å². The Labute approximate surface area is 148 Å². The molecule has 2 aromatic heterocycles. The Morgan fingerprint density at radius 1 is 0.750 bits per heavy atom. The lowest BCUT2D eigenvalue weighted by Crippen LogP contribution is -1.90. The molecule has 4 nitrogen and oxygen atoms in total. The lowest BCUT2D eigenvalue weighted by molar-refractivity contribution is 0.401. The molecule has 1 aromatic carbocycles. The van der Waals surface area contributed by atoms with Crippen molar-refractivity contribution in [2.75, 3.05) is 11.5 Å². The first-order valence-electron chi connectivity index (χ1n) is 7.58. The number of phenols is 2. The third kappa shape index (κ3) is 4.55. The van der Waals surface area contributed by atoms with Gasteiger partial charge in [0.15, 0.2) is 11.5 Å². The first-order valence-corrected chi connectivity index (χ1v) is 9.56. The number of aromatic hydroxyl groups is 2. The first kappa shape index (κ1) is 16.9. The smallest absolute Gasteiger partial charge is 0.158 e. The molecule has 0 fully saturated rings. The number of hydrogen-bond donors (Lipinski definition) is 2. The summed E-state index contributed by atoms with van der Waals surface area (Å²) in [6.45, 7) is 0. The van der Waals surface area contributed by atoms with Crippen LogP contribution in [0, 0.1) is 0 Å². The third-order valence-electron chi connectivity index (χ3n) is 3.41. The number of benzene rings is 1. The predicted octanol–water partition coefficient (Wildman–Crippen LogP) is 4.95. The van der Waals surface area contributed by atoms with E-state index in [2.05, 4.69) is 0 Å². The summed E-state index contributed by atoms with van der Waals surface area (Å²) in [5, 5.41) is 19.6. The maximum atomic E-state index is 9.78. The van der Waals surface area contributed by atoms with E-state index >= 15 is 0 Å². The van der Waals surface area contributed by atoms with Crippen molar-refractivity contribution >= 4 is 23.5 Å². The molecule has 0 unspecified atom stereocenters. The molecule has 0 atom stereocenters. The molecule has 126 valence electrons. The number of rotatable bonds is 8. The van der Waals surface area contributed by atoms with Crippen LogP contribution in [0.1, 0.15) is 11.5 Å². The van der Waals surface area contributed by atoms with Crippen LogP contribution in [0.2, 0.25) is 0 Å². The average Bonchev–Trinajstić information content (AvgIpc) is 3.25. The van der Waals surface area contributed by atoms with Crippen LogP contribution in [-0.2, 0) is 12.8 Å². The molecule has 0 saturated carbocycles. The van der Waals surface area contributed by atoms with Crippen LogP contribution in [0.15, 0.2) is 67.5 Å². The maximum Gasteiger partial charge on any atom is 0.158 e. The molecule has 3 rings (SSSR count). The van der Waals surface area contributed by atoms with Crippen molar-refractivity contribution in [3.05, 3.63) is 60.4 Å². The van der Waals surface area contributed by atoms with Crippen LogP contribution in [-0.4, -0.2) is 21.7 Å². The molecule has 0 saturated heterocycles. The zero-order chi connectivity index (χ0) is 16.8. The summed E-state index contributed by atoms with van der Waals surface area (Å²) in [5.74, 6) is 3.37. The molecule has 2 N–H and O–H groups in total. The number of thioether (sulfide) groups is 2. The van der Waals surface area contributed by atoms with E-state index in [0.29, 0.717) is 0 Å². The number of phenolic OH excluding ortho intramolecular Hbond substituents is 2. The predicted molar refractivity (Wildman–Crippen MR) is 96.0 cm³/mol. The number of hydrogen-bond acceptors (Lipinski definition) is 6. The van der Waals surface area contributed by atoms with Crippen LogP contribution in [0.5, 0.6) is 11.5 Å². The Balaban J connectivity index is 1.61. The molecular weight excluding hydrogens is 344 g/mol. The molecular formula is C18H18O4S2. The van der Waals surface area contributed by atoms with E-state index in [1.165, 1.54) is 0 Å². The fourth-order valence-corrected chi connectivity index (χ4v) is 4.39. The first-order chi connectivity index (χ1) is 11.7. The van der Waals surface area contributed by atoms with Gasteiger partial charge in [-0.15, -0.1) is 23.5 Å². The zero-order valence-electron chi connectivity index (χ0n) is 13.0. The van der Waals surface area contributed by atoms with Crippen molar-refractivity contribution in [1.82, 2.24) is 0 Å². The number of aryl methyl sites for hydroxylation is 2. The highest BCUT2D eigenvalue weighted by molar-refractivity contribution is 8.02. The van der Waals surface area contributed by atoms with Gasteiger partial charge in [-0.25, -0.2) is 0 Å². The molecule has 0 amide bonds. The Morgan fingerprint density at radius 3 is 1.58 bits per heavy atom. The normalized spacial score (nSPS) is 11.0. The van der Waals surface area contributed by atoms with Crippen molar-refractivity contribution in [1.29, 1.82) is 0 Å². The third-order valence-corrected chi connectivity index (χ3v) is 5.66. The minimum atomic E-state index is -0.0918. The van der Waals surface area contributed by atoms with Gasteiger partial charge in [0.1, 0.15) is 11.5 Å². The number of furan rings is 2. The molecule has 0 aliphatic carbocycles. The van der Waals surface area contributed by atoms with Crippen LogP contribution >= 0.6 is 23.5 Å². The quantitative estimate of drug-likeness (QED) is 0.436. The molecule has 2 heterocycles. The lowest BCUT2D eigenvalue weighted by Gasteiger charge is -2.10. The van der Waals surface area contributed by atoms with E-state index in [9.17, 15) is 10.2 Å². The summed E-state index contributed by atoms with van der Waals surface area (Å²) in [6, 6.07) is 10.9. The van der Waals surface area contributed by atoms with Gasteiger partial charge in [0.05, 0.1) is 12.5 Å². The van der Waals surface area contributed by atoms with Gasteiger partial charge in [0.25, 0.3) is 0 Å². The summed E-state index contributed by atoms with van der Waals surface area (Å²) in [7, 11) is 0. The SMILES string of the molecule is Oc1cc(SCCc2ccco2)c(SCCc2ccco2)cc1O. The highest BCUT2D eigenvalue weighted by Gasteiger charge is 2.11. The fourth-order valence-electron chi connectivity index (χ4n) is 2.20. The van der Waals surface area contributed by atoms with Crippen molar-refractivity contribution < 1.29 is 19.0 Å². The molecule has 0 radical (unpaired) electrons. The monoisotopic (exact) mass is 362 g/mol. The van der Waals surface area contributed by atoms with Crippen LogP contribution in [0.25, 0.3) is 0 Å². The van der Waals surface area contributed by atoms with E-state index in [4.69, 9.17) is 8.83 Å². The van der Waals surface area contributed by atoms with Gasteiger partial charge in [0, 0.05) is 34.1 Å². The zero-order valence-corrected chi connectivity index (χ0v) is 14.6. The van der Waals surface area contributed by atoms with E-state index < -0.39 is 0 Å². The topological polar surface area (TPSA) is 66.7 Å². The van der Waals surface area contributed by atoms with Gasteiger partial charge >= 0.3 is 0 Å². The highest BCUT2D eigenvalue weighted by Crippen LogP contribution is 2.39. The maximum absolute atomic E-state index is 9.78. The van der Waals surface area contributed by atoms with Crippen LogP contribution < -0.4 is 0 Å². The van der Waals surface area contributed by atoms with E-state index in [1.54, 1.807) is 48.2 Å². The largest absolute Gasteiger partial charge is 0.504 e. The van der Waals surface area contributed by atoms with Gasteiger partial charge in [0.2, 0.25) is 0 Å². The van der Waals surface area contributed by atoms with Crippen LogP contribution in [0.4, 0.5) is 0 Å². The van der Waals surface area contributed by atoms with Gasteiger partial charge in [-0.05, 0) is 36.4 Å². The molecule has 6 heteroatoms. The Morgan fingerprint density at radius 2 is 1.21 bits per heavy atom. The Kier molecular flexibility index (Phi) is 5.82. The second-order valence-corrected chi connectivity index (χ2v) is 7.42. The summed E-state index contributed by atoms with van der Waals surface area (Å²) >= 11 is 3.28. The highest BCUT2D eigenvalue weighted by atomic mass is 32.2. The van der Waals surface area contributed by atoms with E-state index in [1.807, 2.05) is 24.3 Å². The van der Waals surface area contributed by atoms with Gasteiger partial charge in [-0.2, -0.15) is 0 Å². The van der Waals surface area contributed by atoms with Crippen molar-refractivity contribution in [3.63, 3.8) is 0 Å². The fraction of sp³-hybridized carbons (Fsp3) is 0.222. The molecule has 24 heavy (non-hydrogen) atoms. The second kappa shape index (κ2) is 8.26. The van der Waals surface area contributed by atoms with Crippen molar-refractivity contribution in [3.8, 4) is 11.5 Å². The summed E-state index contributed by atoms with van der Waals surface area (Å²) in [6.07, 6.45) is 4.97. The average molecular weight is 362 g/mol. The Hall–Kier alpha value is -1.92. The Bertz CT molecular complexity index is 686. The molecule has 0 bridgehead atoms. The van der Waals surface area contributed by atoms with Gasteiger partial charge in [-0.3, -0.25) is 0 Å². The summed E-state index contributed by atoms with van der Waals surface area (Å²) in [5.41, 5.74) is 0. The standard InChI is InChI=1S/C18H18O4S2/c19-15-11-17(23-9-5-13-3-1-7-21-13)18(12-16(15)20)24-10-6-14-4-2-8-22-14/h1-4,7-8,11-12,19-20H,5-6,9-10H2. The van der Waals surface area contributed by atoms with E-state index in [0.717, 1.165) is 45.7 Å². The van der Waals surface area contributed by atoms with Crippen molar-refractivity contribution in [2.45, 2.75) is 22.6 Å². The van der Waals surface area contributed by atoms with Crippen molar-refractivity contribution in [2.24, 2.45) is 0 Å². The van der Waals surface area contributed by atoms with Crippen LogP contribution in [0.3, 0.4) is 0 Å².